The van der Waals surface area contributed by atoms with Gasteiger partial charge in [0.1, 0.15) is 28.2 Å². The van der Waals surface area contributed by atoms with Gasteiger partial charge in [-0.25, -0.2) is 13.2 Å². The van der Waals surface area contributed by atoms with E-state index in [0.29, 0.717) is 61.4 Å². The van der Waals surface area contributed by atoms with Crippen molar-refractivity contribution in [1.82, 2.24) is 13.3 Å². The lowest BCUT2D eigenvalue weighted by Crippen LogP contribution is -2.14. The molecule has 0 aliphatic rings. The van der Waals surface area contributed by atoms with Crippen LogP contribution in [0.25, 0.3) is 33.1 Å². The highest BCUT2D eigenvalue weighted by atomic mass is 32.2. The van der Waals surface area contributed by atoms with Crippen molar-refractivity contribution in [2.75, 3.05) is 18.9 Å². The van der Waals surface area contributed by atoms with E-state index in [1.54, 1.807) is 105 Å². The highest BCUT2D eigenvalue weighted by molar-refractivity contribution is 7.92. The topological polar surface area (TPSA) is 133 Å². The minimum atomic E-state index is -3.92. The Labute approximate surface area is 251 Å². The van der Waals surface area contributed by atoms with Gasteiger partial charge in [0.05, 0.1) is 37.4 Å². The molecule has 0 saturated carbocycles. The van der Waals surface area contributed by atoms with Gasteiger partial charge in [-0.15, -0.1) is 0 Å². The lowest BCUT2D eigenvalue weighted by molar-refractivity contribution is 0.0687. The molecule has 0 aliphatic carbocycles. The fourth-order valence-corrected chi connectivity index (χ4v) is 7.09. The Kier molecular flexibility index (Phi) is 7.24. The molecule has 0 aliphatic heterocycles. The van der Waals surface area contributed by atoms with E-state index in [2.05, 4.69) is 13.5 Å². The van der Waals surface area contributed by atoms with Crippen LogP contribution in [0.15, 0.2) is 83.8 Å². The van der Waals surface area contributed by atoms with Crippen molar-refractivity contribution in [2.24, 2.45) is 0 Å². The molecule has 43 heavy (non-hydrogen) atoms. The van der Waals surface area contributed by atoms with Gasteiger partial charge in [0.25, 0.3) is 10.0 Å². The van der Waals surface area contributed by atoms with Gasteiger partial charge in [-0.1, -0.05) is 24.3 Å². The van der Waals surface area contributed by atoms with Crippen molar-refractivity contribution in [3.05, 3.63) is 95.7 Å². The Morgan fingerprint density at radius 1 is 0.953 bits per heavy atom. The molecule has 12 heteroatoms. The summed E-state index contributed by atoms with van der Waals surface area (Å²) in [5, 5.41) is 11.2. The molecular formula is C31H26N4O6S2. The van der Waals surface area contributed by atoms with Crippen molar-refractivity contribution in [2.45, 2.75) is 18.4 Å². The molecule has 6 aromatic rings. The summed E-state index contributed by atoms with van der Waals surface area (Å²) in [7, 11) is -0.813. The molecule has 0 spiro atoms. The molecule has 0 amide bonds. The molecule has 0 saturated heterocycles. The number of hydrogen-bond donors (Lipinski definition) is 2. The number of carboxylic acid groups (broad SMARTS) is 1. The maximum atomic E-state index is 13.3. The Hall–Kier alpha value is -4.94. The molecule has 218 valence electrons. The predicted molar refractivity (Wildman–Crippen MR) is 166 cm³/mol. The van der Waals surface area contributed by atoms with Crippen molar-refractivity contribution in [3.8, 4) is 22.6 Å². The number of carbonyl (C=O) groups is 1. The van der Waals surface area contributed by atoms with Gasteiger partial charge >= 0.3 is 5.97 Å². The average Bonchev–Trinajstić information content (AvgIpc) is 3.59. The first-order valence-corrected chi connectivity index (χ1v) is 15.3. The molecule has 2 N–H and O–H groups in total. The van der Waals surface area contributed by atoms with Crippen molar-refractivity contribution in [3.63, 3.8) is 0 Å². The van der Waals surface area contributed by atoms with Gasteiger partial charge in [0.2, 0.25) is 0 Å². The van der Waals surface area contributed by atoms with Gasteiger partial charge in [-0.2, -0.15) is 8.75 Å². The number of aromatic nitrogens is 3. The summed E-state index contributed by atoms with van der Waals surface area (Å²) in [4.78, 5) is 13.1. The van der Waals surface area contributed by atoms with Crippen LogP contribution in [-0.2, 0) is 16.6 Å². The summed E-state index contributed by atoms with van der Waals surface area (Å²) in [6.07, 6.45) is 0. The van der Waals surface area contributed by atoms with Crippen LogP contribution in [0.2, 0.25) is 0 Å². The summed E-state index contributed by atoms with van der Waals surface area (Å²) < 4.78 is 50.6. The van der Waals surface area contributed by atoms with E-state index in [-0.39, 0.29) is 17.1 Å². The highest BCUT2D eigenvalue weighted by Gasteiger charge is 2.26. The van der Waals surface area contributed by atoms with Gasteiger partial charge in [0.15, 0.2) is 0 Å². The van der Waals surface area contributed by atoms with Crippen LogP contribution in [0.1, 0.15) is 21.6 Å². The van der Waals surface area contributed by atoms with Crippen LogP contribution in [0.3, 0.4) is 0 Å². The van der Waals surface area contributed by atoms with Gasteiger partial charge in [-0.05, 0) is 72.6 Å². The summed E-state index contributed by atoms with van der Waals surface area (Å²) >= 11 is 1.07. The van der Waals surface area contributed by atoms with E-state index in [1.165, 1.54) is 0 Å². The number of anilines is 1. The molecule has 0 bridgehead atoms. The zero-order valence-electron chi connectivity index (χ0n) is 23.4. The second kappa shape index (κ2) is 11.0. The normalized spacial score (nSPS) is 11.6. The van der Waals surface area contributed by atoms with E-state index < -0.39 is 16.0 Å². The van der Waals surface area contributed by atoms with E-state index >= 15 is 0 Å². The molecule has 2 aromatic heterocycles. The van der Waals surface area contributed by atoms with Crippen LogP contribution in [0.4, 0.5) is 5.69 Å². The van der Waals surface area contributed by atoms with Crippen LogP contribution in [0, 0.1) is 6.92 Å². The van der Waals surface area contributed by atoms with Crippen LogP contribution >= 0.6 is 11.7 Å². The molecule has 2 heterocycles. The Morgan fingerprint density at radius 3 is 2.49 bits per heavy atom. The quantitative estimate of drug-likeness (QED) is 0.197. The zero-order valence-corrected chi connectivity index (χ0v) is 25.0. The Bertz CT molecular complexity index is 2140. The average molecular weight is 615 g/mol. The largest absolute Gasteiger partial charge is 0.497 e. The lowest BCUT2D eigenvalue weighted by atomic mass is 10.0. The number of methoxy groups -OCH3 is 2. The first-order chi connectivity index (χ1) is 20.7. The first kappa shape index (κ1) is 28.2. The molecular weight excluding hydrogens is 588 g/mol. The monoisotopic (exact) mass is 614 g/mol. The third-order valence-corrected chi connectivity index (χ3v) is 9.36. The van der Waals surface area contributed by atoms with E-state index in [1.807, 2.05) is 0 Å². The van der Waals surface area contributed by atoms with Gasteiger partial charge in [-0.3, -0.25) is 4.72 Å². The van der Waals surface area contributed by atoms with E-state index in [9.17, 15) is 18.3 Å². The number of fused-ring (bicyclic) bond motifs is 2. The maximum absolute atomic E-state index is 13.3. The number of ether oxygens (including phenoxy) is 2. The number of hydrogen-bond acceptors (Lipinski definition) is 8. The molecule has 6 rings (SSSR count). The number of benzene rings is 4. The fourth-order valence-electron chi connectivity index (χ4n) is 5.28. The van der Waals surface area contributed by atoms with Crippen molar-refractivity contribution >= 4 is 55.3 Å². The molecule has 10 nitrogen and oxygen atoms in total. The standard InChI is InChI=1S/C31H26N4O6S2/c1-18-6-4-5-7-28(18)43(38,39)34-21-9-12-26-23(16-21)29(19-8-11-24-25(15-19)33-42-32-24)30(31(36)37)35(26)17-20-14-22(40-2)10-13-27(20)41-3/h4-16,34H,17H2,1-3H3,(H,36,37). The lowest BCUT2D eigenvalue weighted by Gasteiger charge is -2.14. The zero-order chi connectivity index (χ0) is 30.3. The number of aromatic carboxylic acids is 1. The fraction of sp³-hybridized carbons (Fsp3) is 0.129. The SMILES string of the molecule is COc1ccc(OC)c(Cn2c(C(=O)O)c(-c3ccc4nsnc4c3)c3cc(NS(=O)(=O)c4ccccc4C)ccc32)c1. The third-order valence-electron chi connectivity index (χ3n) is 7.26. The molecule has 4 aromatic carbocycles. The summed E-state index contributed by atoms with van der Waals surface area (Å²) in [5.74, 6) is 0.0171. The third kappa shape index (κ3) is 5.15. The second-order valence-corrected chi connectivity index (χ2v) is 12.0. The van der Waals surface area contributed by atoms with Gasteiger partial charge in [0, 0.05) is 27.7 Å². The van der Waals surface area contributed by atoms with E-state index in [0.717, 1.165) is 11.7 Å². The number of rotatable bonds is 9. The Morgan fingerprint density at radius 2 is 1.74 bits per heavy atom. The number of carboxylic acids is 1. The van der Waals surface area contributed by atoms with Gasteiger partial charge < -0.3 is 19.1 Å². The molecule has 0 fully saturated rings. The van der Waals surface area contributed by atoms with Crippen LogP contribution < -0.4 is 14.2 Å². The van der Waals surface area contributed by atoms with Crippen LogP contribution in [-0.4, -0.2) is 47.0 Å². The van der Waals surface area contributed by atoms with Crippen molar-refractivity contribution in [1.29, 1.82) is 0 Å². The second-order valence-electron chi connectivity index (χ2n) is 9.86. The molecule has 0 atom stereocenters. The minimum absolute atomic E-state index is 0.0290. The summed E-state index contributed by atoms with van der Waals surface area (Å²) in [6.45, 7) is 1.87. The predicted octanol–water partition coefficient (Wildman–Crippen LogP) is 6.19. The Balaban J connectivity index is 1.58. The van der Waals surface area contributed by atoms with Crippen LogP contribution in [0.5, 0.6) is 11.5 Å². The van der Waals surface area contributed by atoms with Crippen molar-refractivity contribution < 1.29 is 27.8 Å². The smallest absolute Gasteiger partial charge is 0.353 e. The maximum Gasteiger partial charge on any atom is 0.353 e. The highest BCUT2D eigenvalue weighted by Crippen LogP contribution is 2.39. The number of aryl methyl sites for hydroxylation is 1. The summed E-state index contributed by atoms with van der Waals surface area (Å²) in [6, 6.07) is 22.4. The number of sulfonamides is 1. The number of nitrogens with one attached hydrogen (secondary N) is 1. The summed E-state index contributed by atoms with van der Waals surface area (Å²) in [5.41, 5.74) is 4.59. The molecule has 0 unspecified atom stereocenters. The van der Waals surface area contributed by atoms with E-state index in [4.69, 9.17) is 9.47 Å². The first-order valence-electron chi connectivity index (χ1n) is 13.1. The number of nitrogens with zero attached hydrogens (tertiary/aromatic N) is 3. The minimum Gasteiger partial charge on any atom is -0.497 e. The molecule has 0 radical (unpaired) electrons.